The Hall–Kier alpha value is -2.73. The summed E-state index contributed by atoms with van der Waals surface area (Å²) in [6.07, 6.45) is 0. The van der Waals surface area contributed by atoms with Crippen LogP contribution in [0.5, 0.6) is 0 Å². The number of nitrogens with one attached hydrogen (secondary N) is 1. The zero-order valence-corrected chi connectivity index (χ0v) is 14.5. The van der Waals surface area contributed by atoms with Crippen molar-refractivity contribution >= 4 is 33.1 Å². The van der Waals surface area contributed by atoms with Gasteiger partial charge in [-0.05, 0) is 43.3 Å². The second-order valence-electron chi connectivity index (χ2n) is 5.51. The maximum absolute atomic E-state index is 4.62. The molecule has 0 saturated carbocycles. The maximum atomic E-state index is 4.62. The number of fused-ring (bicyclic) bond motifs is 1. The molecule has 1 N–H and O–H groups in total. The van der Waals surface area contributed by atoms with Crippen molar-refractivity contribution in [2.24, 2.45) is 0 Å². The van der Waals surface area contributed by atoms with E-state index >= 15 is 0 Å². The molecule has 0 amide bonds. The van der Waals surface area contributed by atoms with Gasteiger partial charge in [0.25, 0.3) is 0 Å². The van der Waals surface area contributed by atoms with Crippen molar-refractivity contribution in [3.05, 3.63) is 70.7 Å². The number of benzene rings is 2. The fraction of sp³-hybridized carbons (Fsp3) is 0.0556. The van der Waals surface area contributed by atoms with Crippen LogP contribution in [0.2, 0.25) is 0 Å². The van der Waals surface area contributed by atoms with Crippen molar-refractivity contribution < 1.29 is 0 Å². The van der Waals surface area contributed by atoms with E-state index in [1.807, 2.05) is 48.5 Å². The highest BCUT2D eigenvalue weighted by molar-refractivity contribution is 9.10. The summed E-state index contributed by atoms with van der Waals surface area (Å²) in [5, 5.41) is 16.4. The molecule has 0 aliphatic rings. The fourth-order valence-corrected chi connectivity index (χ4v) is 2.68. The molecule has 0 aliphatic carbocycles. The SMILES string of the molecule is Cc1ccc(Nc2ccc3nnc(-c4ccc(Br)cc4)n3n2)cc1. The van der Waals surface area contributed by atoms with E-state index in [0.29, 0.717) is 11.5 Å². The lowest BCUT2D eigenvalue weighted by molar-refractivity contribution is 0.941. The molecule has 0 unspecified atom stereocenters. The van der Waals surface area contributed by atoms with Gasteiger partial charge >= 0.3 is 0 Å². The largest absolute Gasteiger partial charge is 0.339 e. The Labute approximate surface area is 147 Å². The number of aromatic nitrogens is 4. The van der Waals surface area contributed by atoms with Crippen molar-refractivity contribution in [2.45, 2.75) is 6.92 Å². The molecule has 5 nitrogen and oxygen atoms in total. The normalized spacial score (nSPS) is 10.9. The smallest absolute Gasteiger partial charge is 0.185 e. The standard InChI is InChI=1S/C18H14BrN5/c1-12-2-8-15(9-3-12)20-16-10-11-17-21-22-18(24(17)23-16)13-4-6-14(19)7-5-13/h2-11H,1H3,(H,20,23). The molecule has 0 fully saturated rings. The summed E-state index contributed by atoms with van der Waals surface area (Å²) in [5.41, 5.74) is 3.89. The summed E-state index contributed by atoms with van der Waals surface area (Å²) in [5.74, 6) is 1.45. The van der Waals surface area contributed by atoms with Crippen LogP contribution in [-0.4, -0.2) is 19.8 Å². The molecule has 2 heterocycles. The molecular weight excluding hydrogens is 366 g/mol. The van der Waals surface area contributed by atoms with Gasteiger partial charge in [0.1, 0.15) is 0 Å². The van der Waals surface area contributed by atoms with Crippen molar-refractivity contribution in [3.63, 3.8) is 0 Å². The van der Waals surface area contributed by atoms with Crippen LogP contribution in [-0.2, 0) is 0 Å². The van der Waals surface area contributed by atoms with Gasteiger partial charge in [0.05, 0.1) is 0 Å². The average Bonchev–Trinajstić information content (AvgIpc) is 3.01. The summed E-state index contributed by atoms with van der Waals surface area (Å²) in [4.78, 5) is 0. The highest BCUT2D eigenvalue weighted by atomic mass is 79.9. The predicted octanol–water partition coefficient (Wildman–Crippen LogP) is 4.61. The van der Waals surface area contributed by atoms with Crippen LogP contribution in [0.15, 0.2) is 65.1 Å². The lowest BCUT2D eigenvalue weighted by Crippen LogP contribution is -2.00. The second-order valence-corrected chi connectivity index (χ2v) is 6.43. The number of hydrogen-bond donors (Lipinski definition) is 1. The summed E-state index contributed by atoms with van der Waals surface area (Å²) in [7, 11) is 0. The van der Waals surface area contributed by atoms with E-state index in [1.165, 1.54) is 5.56 Å². The van der Waals surface area contributed by atoms with Crippen LogP contribution < -0.4 is 5.32 Å². The number of aryl methyl sites for hydroxylation is 1. The zero-order valence-electron chi connectivity index (χ0n) is 12.9. The number of halogens is 1. The maximum Gasteiger partial charge on any atom is 0.185 e. The lowest BCUT2D eigenvalue weighted by Gasteiger charge is -2.07. The molecule has 0 bridgehead atoms. The number of rotatable bonds is 3. The minimum atomic E-state index is 0.711. The molecule has 0 aliphatic heterocycles. The van der Waals surface area contributed by atoms with Gasteiger partial charge in [-0.15, -0.1) is 15.3 Å². The minimum Gasteiger partial charge on any atom is -0.339 e. The summed E-state index contributed by atoms with van der Waals surface area (Å²) in [6, 6.07) is 19.9. The van der Waals surface area contributed by atoms with E-state index < -0.39 is 0 Å². The molecule has 4 rings (SSSR count). The average molecular weight is 380 g/mol. The predicted molar refractivity (Wildman–Crippen MR) is 98.4 cm³/mol. The van der Waals surface area contributed by atoms with Crippen LogP contribution in [0, 0.1) is 6.92 Å². The third-order valence-electron chi connectivity index (χ3n) is 3.69. The topological polar surface area (TPSA) is 55.1 Å². The quantitative estimate of drug-likeness (QED) is 0.564. The summed E-state index contributed by atoms with van der Waals surface area (Å²) >= 11 is 3.44. The van der Waals surface area contributed by atoms with Gasteiger partial charge in [0, 0.05) is 15.7 Å². The third-order valence-corrected chi connectivity index (χ3v) is 4.22. The van der Waals surface area contributed by atoms with E-state index in [-0.39, 0.29) is 0 Å². The highest BCUT2D eigenvalue weighted by Crippen LogP contribution is 2.22. The molecule has 4 aromatic rings. The van der Waals surface area contributed by atoms with Crippen LogP contribution in [0.4, 0.5) is 11.5 Å². The number of nitrogens with zero attached hydrogens (tertiary/aromatic N) is 4. The first kappa shape index (κ1) is 14.8. The van der Waals surface area contributed by atoms with E-state index in [4.69, 9.17) is 0 Å². The Morgan fingerprint density at radius 1 is 0.875 bits per heavy atom. The lowest BCUT2D eigenvalue weighted by atomic mass is 10.2. The van der Waals surface area contributed by atoms with Crippen LogP contribution in [0.1, 0.15) is 5.56 Å². The second kappa shape index (κ2) is 6.05. The van der Waals surface area contributed by atoms with Gasteiger partial charge in [-0.25, -0.2) is 0 Å². The first-order valence-electron chi connectivity index (χ1n) is 7.51. The molecule has 2 aromatic carbocycles. The van der Waals surface area contributed by atoms with Crippen LogP contribution >= 0.6 is 15.9 Å². The molecule has 2 aromatic heterocycles. The molecular formula is C18H14BrN5. The van der Waals surface area contributed by atoms with Gasteiger partial charge in [-0.1, -0.05) is 45.8 Å². The molecule has 0 atom stereocenters. The third kappa shape index (κ3) is 2.88. The number of anilines is 2. The Kier molecular flexibility index (Phi) is 3.74. The highest BCUT2D eigenvalue weighted by Gasteiger charge is 2.10. The van der Waals surface area contributed by atoms with Crippen molar-refractivity contribution in [2.75, 3.05) is 5.32 Å². The van der Waals surface area contributed by atoms with Crippen molar-refractivity contribution in [3.8, 4) is 11.4 Å². The number of hydrogen-bond acceptors (Lipinski definition) is 4. The van der Waals surface area contributed by atoms with E-state index in [0.717, 1.165) is 21.5 Å². The Morgan fingerprint density at radius 3 is 2.38 bits per heavy atom. The van der Waals surface area contributed by atoms with Crippen molar-refractivity contribution in [1.82, 2.24) is 19.8 Å². The first-order valence-corrected chi connectivity index (χ1v) is 8.30. The molecule has 0 radical (unpaired) electrons. The summed E-state index contributed by atoms with van der Waals surface area (Å²) in [6.45, 7) is 2.07. The van der Waals surface area contributed by atoms with E-state index in [9.17, 15) is 0 Å². The Morgan fingerprint density at radius 2 is 1.62 bits per heavy atom. The molecule has 6 heteroatoms. The fourth-order valence-electron chi connectivity index (χ4n) is 2.42. The van der Waals surface area contributed by atoms with Gasteiger partial charge in [-0.3, -0.25) is 0 Å². The van der Waals surface area contributed by atoms with E-state index in [2.05, 4.69) is 55.6 Å². The van der Waals surface area contributed by atoms with Crippen LogP contribution in [0.25, 0.3) is 17.0 Å². The van der Waals surface area contributed by atoms with Gasteiger partial charge in [-0.2, -0.15) is 4.52 Å². The first-order chi connectivity index (χ1) is 11.7. The zero-order chi connectivity index (χ0) is 16.5. The van der Waals surface area contributed by atoms with Gasteiger partial charge in [0.15, 0.2) is 17.3 Å². The van der Waals surface area contributed by atoms with Crippen LogP contribution in [0.3, 0.4) is 0 Å². The molecule has 0 spiro atoms. The molecule has 118 valence electrons. The Balaban J connectivity index is 1.72. The monoisotopic (exact) mass is 379 g/mol. The van der Waals surface area contributed by atoms with Crippen molar-refractivity contribution in [1.29, 1.82) is 0 Å². The molecule has 0 saturated heterocycles. The van der Waals surface area contributed by atoms with E-state index in [1.54, 1.807) is 4.52 Å². The van der Waals surface area contributed by atoms with Gasteiger partial charge in [0.2, 0.25) is 0 Å². The van der Waals surface area contributed by atoms with Gasteiger partial charge < -0.3 is 5.32 Å². The molecule has 24 heavy (non-hydrogen) atoms. The Bertz CT molecular complexity index is 990. The minimum absolute atomic E-state index is 0.711. The summed E-state index contributed by atoms with van der Waals surface area (Å²) < 4.78 is 2.77.